The minimum absolute atomic E-state index is 0.0987. The van der Waals surface area contributed by atoms with Crippen molar-refractivity contribution in [2.75, 3.05) is 6.54 Å². The number of hydrogen-bond acceptors (Lipinski definition) is 4. The van der Waals surface area contributed by atoms with Gasteiger partial charge in [0.2, 0.25) is 5.91 Å². The van der Waals surface area contributed by atoms with E-state index >= 15 is 0 Å². The molecule has 7 heteroatoms. The van der Waals surface area contributed by atoms with Crippen LogP contribution >= 0.6 is 0 Å². The van der Waals surface area contributed by atoms with Crippen molar-refractivity contribution in [3.05, 3.63) is 58.0 Å². The second kappa shape index (κ2) is 7.01. The standard InChI is InChI=1S/C18H17N5O2/c1-12(24)20-9-5-8-15-16(13-6-3-2-4-7-13)22-17-14(10-19)11-21-23(17)18(15)25/h2-4,6-7,11,22H,5,8-9H2,1H3,(H,20,24). The van der Waals surface area contributed by atoms with Gasteiger partial charge in [-0.3, -0.25) is 9.59 Å². The zero-order valence-electron chi connectivity index (χ0n) is 13.7. The lowest BCUT2D eigenvalue weighted by Crippen LogP contribution is -2.25. The maximum atomic E-state index is 12.9. The molecule has 126 valence electrons. The van der Waals surface area contributed by atoms with E-state index in [0.29, 0.717) is 41.9 Å². The van der Waals surface area contributed by atoms with Crippen LogP contribution in [0.3, 0.4) is 0 Å². The molecule has 1 aromatic carbocycles. The number of hydrogen-bond donors (Lipinski definition) is 2. The van der Waals surface area contributed by atoms with Gasteiger partial charge in [-0.1, -0.05) is 30.3 Å². The first-order chi connectivity index (χ1) is 12.1. The zero-order valence-corrected chi connectivity index (χ0v) is 13.7. The number of rotatable bonds is 5. The Morgan fingerprint density at radius 2 is 2.12 bits per heavy atom. The van der Waals surface area contributed by atoms with E-state index in [9.17, 15) is 14.9 Å². The third-order valence-electron chi connectivity index (χ3n) is 3.93. The smallest absolute Gasteiger partial charge is 0.278 e. The largest absolute Gasteiger partial charge is 0.356 e. The Kier molecular flexibility index (Phi) is 4.61. The number of carbonyl (C=O) groups is 1. The molecular weight excluding hydrogens is 318 g/mol. The van der Waals surface area contributed by atoms with E-state index in [1.165, 1.54) is 17.6 Å². The summed E-state index contributed by atoms with van der Waals surface area (Å²) in [5.74, 6) is -0.0987. The first-order valence-corrected chi connectivity index (χ1v) is 7.94. The average molecular weight is 335 g/mol. The van der Waals surface area contributed by atoms with Crippen LogP contribution in [0.1, 0.15) is 24.5 Å². The second-order valence-electron chi connectivity index (χ2n) is 5.67. The Hall–Kier alpha value is -3.40. The first kappa shape index (κ1) is 16.5. The number of aromatic amines is 1. The van der Waals surface area contributed by atoms with Gasteiger partial charge in [-0.25, -0.2) is 0 Å². The highest BCUT2D eigenvalue weighted by Crippen LogP contribution is 2.21. The van der Waals surface area contributed by atoms with Crippen LogP contribution < -0.4 is 10.9 Å². The van der Waals surface area contributed by atoms with Crippen LogP contribution in [0.15, 0.2) is 41.3 Å². The summed E-state index contributed by atoms with van der Waals surface area (Å²) in [5, 5.41) is 16.0. The van der Waals surface area contributed by atoms with Gasteiger partial charge in [0.1, 0.15) is 11.6 Å². The van der Waals surface area contributed by atoms with Gasteiger partial charge in [0.15, 0.2) is 5.65 Å². The number of H-pyrrole nitrogens is 1. The lowest BCUT2D eigenvalue weighted by molar-refractivity contribution is -0.118. The van der Waals surface area contributed by atoms with Gasteiger partial charge in [0.05, 0.1) is 11.9 Å². The SMILES string of the molecule is CC(=O)NCCCc1c(-c2ccccc2)[nH]c2c(C#N)cnn2c1=O. The minimum Gasteiger partial charge on any atom is -0.356 e. The van der Waals surface area contributed by atoms with Crippen molar-refractivity contribution in [1.29, 1.82) is 5.26 Å². The fourth-order valence-corrected chi connectivity index (χ4v) is 2.75. The molecule has 0 bridgehead atoms. The third kappa shape index (κ3) is 3.28. The van der Waals surface area contributed by atoms with Gasteiger partial charge in [0.25, 0.3) is 5.56 Å². The maximum Gasteiger partial charge on any atom is 0.278 e. The van der Waals surface area contributed by atoms with E-state index in [-0.39, 0.29) is 11.5 Å². The number of nitrogens with one attached hydrogen (secondary N) is 2. The Morgan fingerprint density at radius 3 is 2.80 bits per heavy atom. The predicted octanol–water partition coefficient (Wildman–Crippen LogP) is 1.63. The van der Waals surface area contributed by atoms with Crippen molar-refractivity contribution in [1.82, 2.24) is 19.9 Å². The van der Waals surface area contributed by atoms with Crippen molar-refractivity contribution < 1.29 is 4.79 Å². The molecule has 0 unspecified atom stereocenters. The highest BCUT2D eigenvalue weighted by molar-refractivity contribution is 5.72. The summed E-state index contributed by atoms with van der Waals surface area (Å²) in [6, 6.07) is 11.5. The summed E-state index contributed by atoms with van der Waals surface area (Å²) >= 11 is 0. The Bertz CT molecular complexity index is 1010. The van der Waals surface area contributed by atoms with Crippen LogP contribution in [0.2, 0.25) is 0 Å². The molecule has 0 radical (unpaired) electrons. The molecule has 2 aromatic heterocycles. The summed E-state index contributed by atoms with van der Waals surface area (Å²) in [5.41, 5.74) is 2.57. The van der Waals surface area contributed by atoms with Crippen molar-refractivity contribution >= 4 is 11.6 Å². The van der Waals surface area contributed by atoms with E-state index in [4.69, 9.17) is 0 Å². The first-order valence-electron chi connectivity index (χ1n) is 7.94. The summed E-state index contributed by atoms with van der Waals surface area (Å²) in [4.78, 5) is 27.1. The van der Waals surface area contributed by atoms with Crippen LogP contribution in [0.4, 0.5) is 0 Å². The van der Waals surface area contributed by atoms with Crippen molar-refractivity contribution in [2.24, 2.45) is 0 Å². The van der Waals surface area contributed by atoms with E-state index in [0.717, 1.165) is 5.56 Å². The molecule has 2 heterocycles. The molecule has 2 N–H and O–H groups in total. The zero-order chi connectivity index (χ0) is 17.8. The van der Waals surface area contributed by atoms with Gasteiger partial charge >= 0.3 is 0 Å². The molecule has 0 saturated carbocycles. The van der Waals surface area contributed by atoms with Crippen molar-refractivity contribution in [3.8, 4) is 17.3 Å². The lowest BCUT2D eigenvalue weighted by Gasteiger charge is -2.11. The van der Waals surface area contributed by atoms with E-state index in [1.807, 2.05) is 36.4 Å². The van der Waals surface area contributed by atoms with Gasteiger partial charge in [-0.2, -0.15) is 14.9 Å². The number of aromatic nitrogens is 3. The molecule has 0 fully saturated rings. The molecule has 3 rings (SSSR count). The van der Waals surface area contributed by atoms with E-state index in [2.05, 4.69) is 15.4 Å². The topological polar surface area (TPSA) is 103 Å². The molecule has 0 saturated heterocycles. The summed E-state index contributed by atoms with van der Waals surface area (Å²) < 4.78 is 1.22. The van der Waals surface area contributed by atoms with Crippen molar-refractivity contribution in [3.63, 3.8) is 0 Å². The molecule has 0 aliphatic rings. The van der Waals surface area contributed by atoms with E-state index in [1.54, 1.807) is 0 Å². The normalized spacial score (nSPS) is 10.6. The summed E-state index contributed by atoms with van der Waals surface area (Å²) in [6.45, 7) is 1.95. The third-order valence-corrected chi connectivity index (χ3v) is 3.93. The number of nitrogens with zero attached hydrogens (tertiary/aromatic N) is 3. The fraction of sp³-hybridized carbons (Fsp3) is 0.222. The Labute approximate surface area is 143 Å². The lowest BCUT2D eigenvalue weighted by atomic mass is 10.0. The van der Waals surface area contributed by atoms with Gasteiger partial charge in [0, 0.05) is 19.0 Å². The van der Waals surface area contributed by atoms with Crippen LogP contribution in [-0.4, -0.2) is 27.0 Å². The van der Waals surface area contributed by atoms with Crippen LogP contribution in [-0.2, 0) is 11.2 Å². The molecule has 25 heavy (non-hydrogen) atoms. The number of carbonyl (C=O) groups excluding carboxylic acids is 1. The molecule has 0 spiro atoms. The maximum absolute atomic E-state index is 12.9. The number of benzene rings is 1. The van der Waals surface area contributed by atoms with Gasteiger partial charge < -0.3 is 10.3 Å². The fourth-order valence-electron chi connectivity index (χ4n) is 2.75. The van der Waals surface area contributed by atoms with Crippen LogP contribution in [0.5, 0.6) is 0 Å². The monoisotopic (exact) mass is 335 g/mol. The molecule has 3 aromatic rings. The molecule has 0 atom stereocenters. The quantitative estimate of drug-likeness (QED) is 0.692. The molecule has 1 amide bonds. The van der Waals surface area contributed by atoms with E-state index < -0.39 is 0 Å². The molecule has 7 nitrogen and oxygen atoms in total. The van der Waals surface area contributed by atoms with Crippen LogP contribution in [0.25, 0.3) is 16.9 Å². The molecule has 0 aliphatic heterocycles. The summed E-state index contributed by atoms with van der Waals surface area (Å²) in [7, 11) is 0. The number of fused-ring (bicyclic) bond motifs is 1. The molecular formula is C18H17N5O2. The van der Waals surface area contributed by atoms with Gasteiger partial charge in [-0.15, -0.1) is 0 Å². The highest BCUT2D eigenvalue weighted by atomic mass is 16.1. The minimum atomic E-state index is -0.253. The van der Waals surface area contributed by atoms with Gasteiger partial charge in [-0.05, 0) is 18.4 Å². The number of amides is 1. The Balaban J connectivity index is 2.09. The van der Waals surface area contributed by atoms with Crippen molar-refractivity contribution in [2.45, 2.75) is 19.8 Å². The number of nitriles is 1. The van der Waals surface area contributed by atoms with Crippen LogP contribution in [0, 0.1) is 11.3 Å². The second-order valence-corrected chi connectivity index (χ2v) is 5.67. The Morgan fingerprint density at radius 1 is 1.36 bits per heavy atom. The average Bonchev–Trinajstić information content (AvgIpc) is 3.04. The molecule has 0 aliphatic carbocycles. The summed E-state index contributed by atoms with van der Waals surface area (Å²) in [6.07, 6.45) is 2.49. The predicted molar refractivity (Wildman–Crippen MR) is 93.0 cm³/mol. The highest BCUT2D eigenvalue weighted by Gasteiger charge is 2.16.